The molecule has 2 atom stereocenters. The molecule has 2 N–H and O–H groups in total. The third-order valence-corrected chi connectivity index (χ3v) is 4.50. The number of rotatable bonds is 1. The van der Waals surface area contributed by atoms with E-state index in [-0.39, 0.29) is 0 Å². The Kier molecular flexibility index (Phi) is 3.39. The van der Waals surface area contributed by atoms with E-state index in [9.17, 15) is 10.2 Å². The third kappa shape index (κ3) is 2.38. The number of aryl methyl sites for hydroxylation is 1. The van der Waals surface area contributed by atoms with E-state index in [2.05, 4.69) is 13.0 Å². The van der Waals surface area contributed by atoms with Gasteiger partial charge in [-0.25, -0.2) is 0 Å². The molecule has 0 aliphatic heterocycles. The summed E-state index contributed by atoms with van der Waals surface area (Å²) in [5.41, 5.74) is 3.91. The van der Waals surface area contributed by atoms with Crippen LogP contribution >= 0.6 is 0 Å². The van der Waals surface area contributed by atoms with E-state index in [4.69, 9.17) is 0 Å². The van der Waals surface area contributed by atoms with Crippen LogP contribution in [-0.4, -0.2) is 10.2 Å². The number of benzene rings is 2. The van der Waals surface area contributed by atoms with Gasteiger partial charge < -0.3 is 10.2 Å². The SMILES string of the molecule is CC1c2ccc(O)cc2CCCC1c1ccc(O)cc1. The van der Waals surface area contributed by atoms with Gasteiger partial charge in [-0.15, -0.1) is 0 Å². The van der Waals surface area contributed by atoms with Crippen LogP contribution in [0.15, 0.2) is 42.5 Å². The first-order chi connectivity index (χ1) is 9.65. The van der Waals surface area contributed by atoms with Gasteiger partial charge in [0.1, 0.15) is 11.5 Å². The molecule has 0 fully saturated rings. The molecule has 0 radical (unpaired) electrons. The summed E-state index contributed by atoms with van der Waals surface area (Å²) in [6.45, 7) is 2.26. The van der Waals surface area contributed by atoms with Crippen LogP contribution in [0.1, 0.15) is 48.3 Å². The average molecular weight is 268 g/mol. The van der Waals surface area contributed by atoms with E-state index < -0.39 is 0 Å². The van der Waals surface area contributed by atoms with E-state index in [1.165, 1.54) is 16.7 Å². The summed E-state index contributed by atoms with van der Waals surface area (Å²) in [7, 11) is 0. The molecule has 2 aromatic rings. The number of aromatic hydroxyl groups is 2. The van der Waals surface area contributed by atoms with E-state index in [0.717, 1.165) is 19.3 Å². The summed E-state index contributed by atoms with van der Waals surface area (Å²) in [5.74, 6) is 1.58. The Morgan fingerprint density at radius 3 is 2.40 bits per heavy atom. The standard InChI is InChI=1S/C18H20O2/c1-12-17(13-5-7-15(19)8-6-13)4-2-3-14-11-16(20)9-10-18(12)14/h5-12,17,19-20H,2-4H2,1H3. The van der Waals surface area contributed by atoms with Gasteiger partial charge in [0.05, 0.1) is 0 Å². The summed E-state index contributed by atoms with van der Waals surface area (Å²) in [6, 6.07) is 13.4. The number of fused-ring (bicyclic) bond motifs is 1. The summed E-state index contributed by atoms with van der Waals surface area (Å²) >= 11 is 0. The van der Waals surface area contributed by atoms with Crippen LogP contribution in [0.25, 0.3) is 0 Å². The van der Waals surface area contributed by atoms with E-state index >= 15 is 0 Å². The molecule has 0 amide bonds. The van der Waals surface area contributed by atoms with Crippen molar-refractivity contribution >= 4 is 0 Å². The van der Waals surface area contributed by atoms with Gasteiger partial charge in [0.2, 0.25) is 0 Å². The molecule has 2 aromatic carbocycles. The molecule has 0 saturated carbocycles. The van der Waals surface area contributed by atoms with Crippen molar-refractivity contribution < 1.29 is 10.2 Å². The van der Waals surface area contributed by atoms with Crippen molar-refractivity contribution in [1.29, 1.82) is 0 Å². The zero-order chi connectivity index (χ0) is 14.1. The zero-order valence-electron chi connectivity index (χ0n) is 11.7. The molecule has 2 unspecified atom stereocenters. The Morgan fingerprint density at radius 2 is 1.65 bits per heavy atom. The van der Waals surface area contributed by atoms with Gasteiger partial charge >= 0.3 is 0 Å². The molecule has 0 aromatic heterocycles. The first-order valence-electron chi connectivity index (χ1n) is 7.26. The summed E-state index contributed by atoms with van der Waals surface area (Å²) in [4.78, 5) is 0. The normalized spacial score (nSPS) is 22.1. The molecule has 104 valence electrons. The smallest absolute Gasteiger partial charge is 0.115 e. The topological polar surface area (TPSA) is 40.5 Å². The quantitative estimate of drug-likeness (QED) is 0.756. The molecule has 2 heteroatoms. The Labute approximate surface area is 119 Å². The predicted octanol–water partition coefficient (Wildman–Crippen LogP) is 4.32. The first kappa shape index (κ1) is 13.0. The molecule has 0 heterocycles. The highest BCUT2D eigenvalue weighted by Gasteiger charge is 2.25. The van der Waals surface area contributed by atoms with Crippen LogP contribution < -0.4 is 0 Å². The molecule has 3 rings (SSSR count). The highest BCUT2D eigenvalue weighted by molar-refractivity contribution is 5.40. The Morgan fingerprint density at radius 1 is 0.950 bits per heavy atom. The fourth-order valence-electron chi connectivity index (χ4n) is 3.41. The number of phenols is 2. The van der Waals surface area contributed by atoms with Crippen LogP contribution in [0.3, 0.4) is 0 Å². The minimum Gasteiger partial charge on any atom is -0.508 e. The Hall–Kier alpha value is -1.96. The van der Waals surface area contributed by atoms with Gasteiger partial charge in [0, 0.05) is 0 Å². The van der Waals surface area contributed by atoms with Crippen LogP contribution in [-0.2, 0) is 6.42 Å². The largest absolute Gasteiger partial charge is 0.508 e. The monoisotopic (exact) mass is 268 g/mol. The lowest BCUT2D eigenvalue weighted by molar-refractivity contribution is 0.472. The van der Waals surface area contributed by atoms with Gasteiger partial charge in [-0.05, 0) is 72.1 Å². The van der Waals surface area contributed by atoms with Crippen LogP contribution in [0.2, 0.25) is 0 Å². The third-order valence-electron chi connectivity index (χ3n) is 4.50. The van der Waals surface area contributed by atoms with Crippen molar-refractivity contribution in [3.8, 4) is 11.5 Å². The van der Waals surface area contributed by atoms with E-state index in [1.807, 2.05) is 18.2 Å². The van der Waals surface area contributed by atoms with Crippen molar-refractivity contribution in [2.45, 2.75) is 38.0 Å². The van der Waals surface area contributed by atoms with Crippen molar-refractivity contribution in [1.82, 2.24) is 0 Å². The van der Waals surface area contributed by atoms with Crippen molar-refractivity contribution in [3.05, 3.63) is 59.2 Å². The maximum Gasteiger partial charge on any atom is 0.115 e. The zero-order valence-corrected chi connectivity index (χ0v) is 11.7. The molecule has 1 aliphatic carbocycles. The Balaban J connectivity index is 1.98. The summed E-state index contributed by atoms with van der Waals surface area (Å²) in [5, 5.41) is 19.1. The van der Waals surface area contributed by atoms with Gasteiger partial charge in [-0.1, -0.05) is 25.1 Å². The molecule has 2 nitrogen and oxygen atoms in total. The first-order valence-corrected chi connectivity index (χ1v) is 7.26. The summed E-state index contributed by atoms with van der Waals surface area (Å²) in [6.07, 6.45) is 3.30. The lowest BCUT2D eigenvalue weighted by atomic mass is 9.81. The molecule has 0 saturated heterocycles. The van der Waals surface area contributed by atoms with E-state index in [1.54, 1.807) is 18.2 Å². The molecular formula is C18H20O2. The van der Waals surface area contributed by atoms with Gasteiger partial charge in [0.15, 0.2) is 0 Å². The maximum absolute atomic E-state index is 9.65. The number of hydrogen-bond donors (Lipinski definition) is 2. The highest BCUT2D eigenvalue weighted by Crippen LogP contribution is 2.41. The van der Waals surface area contributed by atoms with Gasteiger partial charge in [-0.2, -0.15) is 0 Å². The van der Waals surface area contributed by atoms with Crippen molar-refractivity contribution in [2.24, 2.45) is 0 Å². The minimum absolute atomic E-state index is 0.320. The van der Waals surface area contributed by atoms with Crippen molar-refractivity contribution in [2.75, 3.05) is 0 Å². The second-order valence-corrected chi connectivity index (χ2v) is 5.76. The summed E-state index contributed by atoms with van der Waals surface area (Å²) < 4.78 is 0. The van der Waals surface area contributed by atoms with Gasteiger partial charge in [0.25, 0.3) is 0 Å². The van der Waals surface area contributed by atoms with Crippen LogP contribution in [0.5, 0.6) is 11.5 Å². The van der Waals surface area contributed by atoms with Crippen LogP contribution in [0.4, 0.5) is 0 Å². The van der Waals surface area contributed by atoms with Crippen molar-refractivity contribution in [3.63, 3.8) is 0 Å². The fraction of sp³-hybridized carbons (Fsp3) is 0.333. The molecule has 20 heavy (non-hydrogen) atoms. The second kappa shape index (κ2) is 5.20. The maximum atomic E-state index is 9.65. The molecule has 0 spiro atoms. The fourth-order valence-corrected chi connectivity index (χ4v) is 3.41. The minimum atomic E-state index is 0.320. The lowest BCUT2D eigenvalue weighted by Crippen LogP contribution is -2.07. The average Bonchev–Trinajstić information content (AvgIpc) is 2.59. The lowest BCUT2D eigenvalue weighted by Gasteiger charge is -2.23. The van der Waals surface area contributed by atoms with Crippen LogP contribution in [0, 0.1) is 0 Å². The Bertz CT molecular complexity index is 601. The highest BCUT2D eigenvalue weighted by atomic mass is 16.3. The molecule has 1 aliphatic rings. The number of hydrogen-bond acceptors (Lipinski definition) is 2. The van der Waals surface area contributed by atoms with Gasteiger partial charge in [-0.3, -0.25) is 0 Å². The molecular weight excluding hydrogens is 248 g/mol. The molecule has 0 bridgehead atoms. The van der Waals surface area contributed by atoms with E-state index in [0.29, 0.717) is 23.3 Å². The second-order valence-electron chi connectivity index (χ2n) is 5.76. The predicted molar refractivity (Wildman–Crippen MR) is 80.3 cm³/mol. The number of phenolic OH excluding ortho intramolecular Hbond substituents is 2.